The second kappa shape index (κ2) is 24.8. The summed E-state index contributed by atoms with van der Waals surface area (Å²) < 4.78 is 40.4. The zero-order valence-corrected chi connectivity index (χ0v) is 37.9. The molecule has 0 N–H and O–H groups in total. The molecule has 4 amide bonds. The molecule has 28 nitrogen and oxygen atoms in total. The van der Waals surface area contributed by atoms with E-state index in [1.165, 1.54) is 40.9 Å². The van der Waals surface area contributed by atoms with Crippen LogP contribution in [0.1, 0.15) is 52.4 Å². The van der Waals surface area contributed by atoms with Crippen LogP contribution in [0.5, 0.6) is 0 Å². The molecule has 4 rings (SSSR count). The summed E-state index contributed by atoms with van der Waals surface area (Å²) >= 11 is 0. The van der Waals surface area contributed by atoms with E-state index >= 15 is 0 Å². The molecule has 28 heteroatoms. The van der Waals surface area contributed by atoms with Crippen LogP contribution >= 0.6 is 0 Å². The van der Waals surface area contributed by atoms with Gasteiger partial charge in [-0.3, -0.25) is 34.0 Å². The number of rotatable bonds is 28. The maximum atomic E-state index is 13.6. The predicted molar refractivity (Wildman–Crippen MR) is 224 cm³/mol. The fraction of sp³-hybridized carbons (Fsp3) is 0.711. The number of hydrogen-bond acceptors (Lipinski definition) is 18. The van der Waals surface area contributed by atoms with Crippen molar-refractivity contribution in [2.45, 2.75) is 104 Å². The Kier molecular flexibility index (Phi) is 19.6. The van der Waals surface area contributed by atoms with Crippen molar-refractivity contribution in [3.8, 4) is 0 Å². The Labute approximate surface area is 375 Å². The van der Waals surface area contributed by atoms with Crippen LogP contribution in [0, 0.1) is 0 Å². The topological polar surface area (TPSA) is 295 Å². The lowest BCUT2D eigenvalue weighted by Gasteiger charge is -2.28. The molecule has 2 aliphatic rings. The number of hydrogen-bond donors (Lipinski definition) is 0. The van der Waals surface area contributed by atoms with Gasteiger partial charge in [-0.2, -0.15) is 0 Å². The van der Waals surface area contributed by atoms with Gasteiger partial charge in [0.2, 0.25) is 0 Å². The molecule has 0 radical (unpaired) electrons. The van der Waals surface area contributed by atoms with Crippen LogP contribution in [0.4, 0.5) is 9.59 Å². The van der Waals surface area contributed by atoms with Crippen LogP contribution in [0.25, 0.3) is 0 Å². The van der Waals surface area contributed by atoms with Crippen molar-refractivity contribution >= 4 is 30.0 Å². The SMILES string of the molecule is CCCCOC(=O)CCn1c(=O)n(CCC(=O)OC)c(=O)n(CCC(=O)OCCn2c(=O)n(CCC)c(=O)n(CCOCN3C(=O)N(COC)C4C3N(COC)C(=O)N4COC)c2=O)c1=O. The summed E-state index contributed by atoms with van der Waals surface area (Å²) in [6.45, 7) is -0.594. The van der Waals surface area contributed by atoms with Crippen LogP contribution in [-0.2, 0) is 86.8 Å². The molecule has 0 saturated carbocycles. The number of unbranched alkanes of at least 4 members (excludes halogenated alkanes) is 1. The lowest BCUT2D eigenvalue weighted by Crippen LogP contribution is -2.55. The minimum Gasteiger partial charge on any atom is -0.469 e. The average Bonchev–Trinajstić information content (AvgIpc) is 3.70. The average molecular weight is 943 g/mol. The molecule has 2 aromatic heterocycles. The number of carbonyl (C=O) groups excluding carboxylic acids is 5. The highest BCUT2D eigenvalue weighted by atomic mass is 16.5. The first-order valence-electron chi connectivity index (χ1n) is 21.1. The van der Waals surface area contributed by atoms with Crippen LogP contribution in [-0.4, -0.2) is 164 Å². The molecule has 0 bridgehead atoms. The molecular formula is C38H58N10O18. The van der Waals surface area contributed by atoms with Gasteiger partial charge < -0.3 is 33.2 Å². The fourth-order valence-corrected chi connectivity index (χ4v) is 7.20. The van der Waals surface area contributed by atoms with Crippen molar-refractivity contribution in [2.75, 3.05) is 75.2 Å². The van der Waals surface area contributed by atoms with Crippen molar-refractivity contribution < 1.29 is 57.1 Å². The Hall–Kier alpha value is -6.39. The summed E-state index contributed by atoms with van der Waals surface area (Å²) in [7, 11) is 5.26. The summed E-state index contributed by atoms with van der Waals surface area (Å²) in [6, 6.07) is -1.03. The molecule has 4 heterocycles. The third-order valence-electron chi connectivity index (χ3n) is 10.4. The van der Waals surface area contributed by atoms with Gasteiger partial charge in [0, 0.05) is 47.5 Å². The number of ether oxygens (including phenoxy) is 7. The van der Waals surface area contributed by atoms with Crippen LogP contribution in [0.15, 0.2) is 28.8 Å². The highest BCUT2D eigenvalue weighted by Crippen LogP contribution is 2.34. The number of fused-ring (bicyclic) bond motifs is 1. The molecule has 66 heavy (non-hydrogen) atoms. The zero-order valence-electron chi connectivity index (χ0n) is 37.9. The Bertz CT molecular complexity index is 2410. The molecule has 0 aliphatic carbocycles. The molecule has 2 aromatic rings. The fourth-order valence-electron chi connectivity index (χ4n) is 7.20. The van der Waals surface area contributed by atoms with Crippen molar-refractivity contribution in [1.29, 1.82) is 0 Å². The summed E-state index contributed by atoms with van der Waals surface area (Å²) in [5.74, 6) is -2.43. The Morgan fingerprint density at radius 3 is 1.15 bits per heavy atom. The monoisotopic (exact) mass is 942 g/mol. The van der Waals surface area contributed by atoms with Gasteiger partial charge in [0.15, 0.2) is 12.3 Å². The lowest BCUT2D eigenvalue weighted by molar-refractivity contribution is -0.145. The van der Waals surface area contributed by atoms with Crippen molar-refractivity contribution in [1.82, 2.24) is 47.0 Å². The first-order chi connectivity index (χ1) is 31.6. The molecule has 0 spiro atoms. The molecule has 2 fully saturated rings. The van der Waals surface area contributed by atoms with Crippen LogP contribution < -0.4 is 34.1 Å². The Balaban J connectivity index is 1.47. The second-order valence-corrected chi connectivity index (χ2v) is 14.8. The molecule has 2 aliphatic heterocycles. The van der Waals surface area contributed by atoms with E-state index in [1.807, 2.05) is 6.92 Å². The zero-order chi connectivity index (χ0) is 48.7. The van der Waals surface area contributed by atoms with E-state index in [2.05, 4.69) is 4.74 Å². The summed E-state index contributed by atoms with van der Waals surface area (Å²) in [6.07, 6.45) is -1.47. The molecule has 0 aromatic carbocycles. The number of carbonyl (C=O) groups is 5. The van der Waals surface area contributed by atoms with E-state index in [-0.39, 0.29) is 46.5 Å². The number of nitrogens with zero attached hydrogens (tertiary/aromatic N) is 10. The van der Waals surface area contributed by atoms with Gasteiger partial charge in [0.1, 0.15) is 33.5 Å². The number of amides is 4. The maximum Gasteiger partial charge on any atom is 0.336 e. The van der Waals surface area contributed by atoms with Gasteiger partial charge in [0.25, 0.3) is 0 Å². The van der Waals surface area contributed by atoms with E-state index in [4.69, 9.17) is 28.4 Å². The third kappa shape index (κ3) is 11.9. The van der Waals surface area contributed by atoms with E-state index in [1.54, 1.807) is 6.92 Å². The smallest absolute Gasteiger partial charge is 0.336 e. The van der Waals surface area contributed by atoms with E-state index in [9.17, 15) is 52.7 Å². The molecule has 2 atom stereocenters. The van der Waals surface area contributed by atoms with Gasteiger partial charge in [0.05, 0.1) is 52.7 Å². The van der Waals surface area contributed by atoms with Crippen molar-refractivity contribution in [3.63, 3.8) is 0 Å². The minimum absolute atomic E-state index is 0.0747. The standard InChI is InChI=1S/C38H58N10O18/c1-7-9-19-65-27(50)11-15-41-33(54)40(14-10-26(49)63-6)34(55)42(35(41)56)16-12-28(51)66-21-18-44-32(53)39(13-8-2)31(52)43(36(44)57)17-20-64-25-48-30-29(46(23-61-4)38(48)59)45(22-60-3)37(58)47(30)24-62-5/h29-30H,7-25H2,1-6H3. The normalized spacial score (nSPS) is 15.8. The van der Waals surface area contributed by atoms with Gasteiger partial charge in [-0.25, -0.2) is 65.8 Å². The highest BCUT2D eigenvalue weighted by molar-refractivity contribution is 5.85. The van der Waals surface area contributed by atoms with E-state index in [0.717, 1.165) is 22.7 Å². The van der Waals surface area contributed by atoms with Gasteiger partial charge in [-0.1, -0.05) is 20.3 Å². The first-order valence-corrected chi connectivity index (χ1v) is 21.1. The number of esters is 3. The molecule has 2 saturated heterocycles. The number of methoxy groups -OCH3 is 4. The van der Waals surface area contributed by atoms with E-state index < -0.39 is 135 Å². The third-order valence-corrected chi connectivity index (χ3v) is 10.4. The van der Waals surface area contributed by atoms with E-state index in [0.29, 0.717) is 31.1 Å². The van der Waals surface area contributed by atoms with Crippen molar-refractivity contribution in [2.24, 2.45) is 0 Å². The molecular weight excluding hydrogens is 884 g/mol. The lowest BCUT2D eigenvalue weighted by atomic mass is 10.3. The summed E-state index contributed by atoms with van der Waals surface area (Å²) in [5, 5.41) is 0. The van der Waals surface area contributed by atoms with Gasteiger partial charge >= 0.3 is 64.1 Å². The highest BCUT2D eigenvalue weighted by Gasteiger charge is 2.59. The second-order valence-electron chi connectivity index (χ2n) is 14.8. The number of urea groups is 2. The van der Waals surface area contributed by atoms with Gasteiger partial charge in [-0.05, 0) is 12.8 Å². The Morgan fingerprint density at radius 1 is 0.424 bits per heavy atom. The minimum atomic E-state index is -1.14. The summed E-state index contributed by atoms with van der Waals surface area (Å²) in [5.41, 5.74) is -6.35. The van der Waals surface area contributed by atoms with Gasteiger partial charge in [-0.15, -0.1) is 0 Å². The van der Waals surface area contributed by atoms with Crippen LogP contribution in [0.2, 0.25) is 0 Å². The maximum absolute atomic E-state index is 13.6. The number of aromatic nitrogens is 6. The first kappa shape index (κ1) is 52.2. The van der Waals surface area contributed by atoms with Crippen molar-refractivity contribution in [3.05, 3.63) is 62.9 Å². The van der Waals surface area contributed by atoms with Crippen LogP contribution in [0.3, 0.4) is 0 Å². The quantitative estimate of drug-likeness (QED) is 0.0464. The summed E-state index contributed by atoms with van der Waals surface area (Å²) in [4.78, 5) is 149. The molecule has 368 valence electrons. The largest absolute Gasteiger partial charge is 0.469 e. The Morgan fingerprint density at radius 2 is 0.773 bits per heavy atom. The predicted octanol–water partition coefficient (Wildman–Crippen LogP) is -3.09. The molecule has 2 unspecified atom stereocenters.